The molecule has 2 rings (SSSR count). The van der Waals surface area contributed by atoms with Crippen LogP contribution in [0.3, 0.4) is 0 Å². The fourth-order valence-electron chi connectivity index (χ4n) is 1.87. The summed E-state index contributed by atoms with van der Waals surface area (Å²) >= 11 is 6.04. The van der Waals surface area contributed by atoms with Crippen molar-refractivity contribution in [1.82, 2.24) is 10.3 Å². The van der Waals surface area contributed by atoms with Crippen LogP contribution in [0.4, 0.5) is 4.79 Å². The Morgan fingerprint density at radius 1 is 1.38 bits per heavy atom. The third-order valence-electron chi connectivity index (χ3n) is 3.35. The molecule has 1 fully saturated rings. The molecule has 0 aromatic heterocycles. The fraction of sp³-hybridized carbons (Fsp3) is 0.267. The number of hydrogen-bond acceptors (Lipinski definition) is 3. The van der Waals surface area contributed by atoms with Gasteiger partial charge in [0.1, 0.15) is 5.54 Å². The smallest absolute Gasteiger partial charge is 0.322 e. The van der Waals surface area contributed by atoms with E-state index in [-0.39, 0.29) is 5.91 Å². The number of amides is 3. The van der Waals surface area contributed by atoms with Gasteiger partial charge >= 0.3 is 6.03 Å². The van der Waals surface area contributed by atoms with Crippen molar-refractivity contribution in [2.75, 3.05) is 0 Å². The van der Waals surface area contributed by atoms with Crippen molar-refractivity contribution in [3.8, 4) is 0 Å². The largest absolute Gasteiger partial charge is 0.346 e. The highest BCUT2D eigenvalue weighted by Gasteiger charge is 2.46. The Kier molecular flexibility index (Phi) is 4.43. The molecule has 21 heavy (non-hydrogen) atoms. The Balaban J connectivity index is 2.13. The van der Waals surface area contributed by atoms with Crippen LogP contribution in [0.1, 0.15) is 25.8 Å². The lowest BCUT2D eigenvalue weighted by Crippen LogP contribution is -2.42. The first-order valence-electron chi connectivity index (χ1n) is 6.59. The highest BCUT2D eigenvalue weighted by molar-refractivity contribution is 6.41. The molecule has 0 saturated carbocycles. The molecule has 1 aliphatic rings. The Hall–Kier alpha value is -2.14. The van der Waals surface area contributed by atoms with E-state index in [0.717, 1.165) is 10.6 Å². The molecular formula is C15H16ClN3O2. The average Bonchev–Trinajstić information content (AvgIpc) is 2.69. The molecule has 1 aromatic carbocycles. The van der Waals surface area contributed by atoms with Crippen LogP contribution in [0.5, 0.6) is 0 Å². The summed E-state index contributed by atoms with van der Waals surface area (Å²) in [7, 11) is 0. The van der Waals surface area contributed by atoms with Gasteiger partial charge in [0, 0.05) is 0 Å². The van der Waals surface area contributed by atoms with Crippen LogP contribution in [-0.2, 0) is 4.79 Å². The maximum absolute atomic E-state index is 12.1. The molecule has 1 N–H and O–H groups in total. The van der Waals surface area contributed by atoms with Crippen molar-refractivity contribution < 1.29 is 9.59 Å². The van der Waals surface area contributed by atoms with E-state index >= 15 is 0 Å². The molecule has 0 aliphatic carbocycles. The van der Waals surface area contributed by atoms with Crippen LogP contribution in [-0.4, -0.2) is 28.7 Å². The molecule has 1 saturated heterocycles. The van der Waals surface area contributed by atoms with E-state index in [1.165, 1.54) is 6.21 Å². The lowest BCUT2D eigenvalue weighted by atomic mass is 10.00. The van der Waals surface area contributed by atoms with Crippen LogP contribution in [0, 0.1) is 0 Å². The summed E-state index contributed by atoms with van der Waals surface area (Å²) in [4.78, 5) is 23.9. The maximum atomic E-state index is 12.1. The molecular weight excluding hydrogens is 290 g/mol. The van der Waals surface area contributed by atoms with Crippen molar-refractivity contribution >= 4 is 35.8 Å². The van der Waals surface area contributed by atoms with Crippen LogP contribution >= 0.6 is 11.6 Å². The standard InChI is InChI=1S/C15H16ClN3O2/c1-3-15(2)13(20)19(14(21)18-15)17-10-12(16)9-11-7-5-4-6-8-11/h4-10H,3H2,1-2H3,(H,18,21)/t15-/m1/s1. The Bertz CT molecular complexity index is 613. The van der Waals surface area contributed by atoms with Gasteiger partial charge in [-0.05, 0) is 25.0 Å². The van der Waals surface area contributed by atoms with E-state index in [1.54, 1.807) is 13.0 Å². The van der Waals surface area contributed by atoms with Crippen molar-refractivity contribution in [3.63, 3.8) is 0 Å². The number of nitrogens with one attached hydrogen (secondary N) is 1. The number of hydrogen-bond donors (Lipinski definition) is 1. The van der Waals surface area contributed by atoms with Crippen molar-refractivity contribution in [3.05, 3.63) is 40.9 Å². The van der Waals surface area contributed by atoms with E-state index in [4.69, 9.17) is 11.6 Å². The van der Waals surface area contributed by atoms with Crippen LogP contribution in [0.15, 0.2) is 40.5 Å². The minimum Gasteiger partial charge on any atom is -0.322 e. The molecule has 1 aromatic rings. The molecule has 5 nitrogen and oxygen atoms in total. The zero-order chi connectivity index (χ0) is 15.5. The van der Waals surface area contributed by atoms with E-state index in [2.05, 4.69) is 10.4 Å². The highest BCUT2D eigenvalue weighted by Crippen LogP contribution is 2.21. The minimum absolute atomic E-state index is 0.326. The van der Waals surface area contributed by atoms with Crippen molar-refractivity contribution in [1.29, 1.82) is 0 Å². The molecule has 110 valence electrons. The summed E-state index contributed by atoms with van der Waals surface area (Å²) in [6.07, 6.45) is 3.48. The summed E-state index contributed by atoms with van der Waals surface area (Å²) in [6, 6.07) is 8.91. The predicted octanol–water partition coefficient (Wildman–Crippen LogP) is 2.97. The summed E-state index contributed by atoms with van der Waals surface area (Å²) in [6.45, 7) is 3.50. The summed E-state index contributed by atoms with van der Waals surface area (Å²) in [5.74, 6) is -0.379. The first kappa shape index (κ1) is 15.3. The number of rotatable bonds is 4. The van der Waals surface area contributed by atoms with Gasteiger partial charge in [0.15, 0.2) is 0 Å². The number of urea groups is 1. The number of halogens is 1. The minimum atomic E-state index is -0.899. The lowest BCUT2D eigenvalue weighted by molar-refractivity contribution is -0.130. The molecule has 0 radical (unpaired) electrons. The monoisotopic (exact) mass is 305 g/mol. The van der Waals surface area contributed by atoms with Crippen LogP contribution in [0.25, 0.3) is 6.08 Å². The molecule has 3 amide bonds. The van der Waals surface area contributed by atoms with Gasteiger partial charge in [-0.3, -0.25) is 4.79 Å². The molecule has 6 heteroatoms. The lowest BCUT2D eigenvalue weighted by Gasteiger charge is -2.17. The number of imide groups is 1. The molecule has 1 heterocycles. The second-order valence-corrected chi connectivity index (χ2v) is 5.35. The number of benzene rings is 1. The first-order chi connectivity index (χ1) is 9.96. The topological polar surface area (TPSA) is 61.8 Å². The zero-order valence-corrected chi connectivity index (χ0v) is 12.6. The van der Waals surface area contributed by atoms with Gasteiger partial charge in [0.05, 0.1) is 11.2 Å². The predicted molar refractivity (Wildman–Crippen MR) is 82.8 cm³/mol. The fourth-order valence-corrected chi connectivity index (χ4v) is 2.04. The third kappa shape index (κ3) is 3.31. The van der Waals surface area contributed by atoms with Crippen LogP contribution < -0.4 is 5.32 Å². The molecule has 1 atom stereocenters. The maximum Gasteiger partial charge on any atom is 0.346 e. The second-order valence-electron chi connectivity index (χ2n) is 4.92. The molecule has 0 bridgehead atoms. The number of nitrogens with zero attached hydrogens (tertiary/aromatic N) is 2. The third-order valence-corrected chi connectivity index (χ3v) is 3.55. The first-order valence-corrected chi connectivity index (χ1v) is 6.97. The van der Waals surface area contributed by atoms with Crippen molar-refractivity contribution in [2.45, 2.75) is 25.8 Å². The van der Waals surface area contributed by atoms with Gasteiger partial charge in [0.2, 0.25) is 0 Å². The zero-order valence-electron chi connectivity index (χ0n) is 11.8. The number of hydrazone groups is 1. The molecule has 1 aliphatic heterocycles. The van der Waals surface area contributed by atoms with Gasteiger partial charge in [-0.15, -0.1) is 5.01 Å². The van der Waals surface area contributed by atoms with Gasteiger partial charge in [-0.2, -0.15) is 5.10 Å². The normalized spacial score (nSPS) is 23.0. The van der Waals surface area contributed by atoms with Gasteiger partial charge in [0.25, 0.3) is 5.91 Å². The van der Waals surface area contributed by atoms with Crippen molar-refractivity contribution in [2.24, 2.45) is 5.10 Å². The van der Waals surface area contributed by atoms with Gasteiger partial charge in [-0.25, -0.2) is 4.79 Å². The van der Waals surface area contributed by atoms with E-state index in [0.29, 0.717) is 11.5 Å². The summed E-state index contributed by atoms with van der Waals surface area (Å²) in [5.41, 5.74) is 0.00822. The van der Waals surface area contributed by atoms with Gasteiger partial charge < -0.3 is 5.32 Å². The number of allylic oxidation sites excluding steroid dienone is 1. The number of carbonyl (C=O) groups excluding carboxylic acids is 2. The second kappa shape index (κ2) is 6.10. The molecule has 0 unspecified atom stereocenters. The Labute approximate surface area is 128 Å². The Morgan fingerprint density at radius 3 is 2.62 bits per heavy atom. The van der Waals surface area contributed by atoms with E-state index in [9.17, 15) is 9.59 Å². The summed E-state index contributed by atoms with van der Waals surface area (Å²) in [5, 5.41) is 7.62. The molecule has 0 spiro atoms. The van der Waals surface area contributed by atoms with E-state index < -0.39 is 11.6 Å². The SMILES string of the molecule is CC[C@@]1(C)NC(=O)N(N=CC(Cl)=Cc2ccccc2)C1=O. The van der Waals surface area contributed by atoms with E-state index in [1.807, 2.05) is 37.3 Å². The quantitative estimate of drug-likeness (QED) is 0.686. The number of carbonyl (C=O) groups is 2. The summed E-state index contributed by atoms with van der Waals surface area (Å²) < 4.78 is 0. The van der Waals surface area contributed by atoms with Crippen LogP contribution in [0.2, 0.25) is 0 Å². The Morgan fingerprint density at radius 2 is 2.05 bits per heavy atom. The highest BCUT2D eigenvalue weighted by atomic mass is 35.5. The average molecular weight is 306 g/mol. The van der Waals surface area contributed by atoms with Gasteiger partial charge in [-0.1, -0.05) is 48.9 Å².